The predicted octanol–water partition coefficient (Wildman–Crippen LogP) is 1.76. The molecule has 0 aromatic carbocycles. The fourth-order valence-corrected chi connectivity index (χ4v) is 1.16. The Morgan fingerprint density at radius 2 is 2.29 bits per heavy atom. The molecule has 0 radical (unpaired) electrons. The first kappa shape index (κ1) is 9.08. The van der Waals surface area contributed by atoms with E-state index in [4.69, 9.17) is 11.6 Å². The summed E-state index contributed by atoms with van der Waals surface area (Å²) in [4.78, 5) is 7.25. The van der Waals surface area contributed by atoms with Gasteiger partial charge in [0.2, 0.25) is 5.28 Å². The maximum atomic E-state index is 13.2. The molecule has 2 aromatic rings. The molecular weight excluding hydrogens is 207 g/mol. The molecule has 4 nitrogen and oxygen atoms in total. The van der Waals surface area contributed by atoms with Crippen molar-refractivity contribution in [2.24, 2.45) is 0 Å². The van der Waals surface area contributed by atoms with Gasteiger partial charge in [-0.2, -0.15) is 10.1 Å². The van der Waals surface area contributed by atoms with Gasteiger partial charge in [0.05, 0.1) is 11.9 Å². The van der Waals surface area contributed by atoms with Gasteiger partial charge in [-0.15, -0.1) is 0 Å². The topological polar surface area (TPSA) is 43.6 Å². The molecule has 2 aromatic heterocycles. The summed E-state index contributed by atoms with van der Waals surface area (Å²) in [5, 5.41) is 4.01. The second-order valence-electron chi connectivity index (χ2n) is 2.71. The number of halogens is 2. The largest absolute Gasteiger partial charge is 0.224 e. The van der Waals surface area contributed by atoms with E-state index in [9.17, 15) is 4.39 Å². The standard InChI is InChI=1S/C8H6ClFN4/c1-5-2-3-14(13-5)7-6(10)4-11-8(9)12-7/h2-4H,1H3. The van der Waals surface area contributed by atoms with Crippen molar-refractivity contribution in [1.82, 2.24) is 19.7 Å². The van der Waals surface area contributed by atoms with Crippen LogP contribution in [0.4, 0.5) is 4.39 Å². The summed E-state index contributed by atoms with van der Waals surface area (Å²) in [6.45, 7) is 1.80. The molecule has 0 bridgehead atoms. The van der Waals surface area contributed by atoms with Crippen molar-refractivity contribution in [3.05, 3.63) is 35.3 Å². The van der Waals surface area contributed by atoms with Gasteiger partial charge < -0.3 is 0 Å². The zero-order valence-corrected chi connectivity index (χ0v) is 8.03. The van der Waals surface area contributed by atoms with Crippen LogP contribution in [-0.4, -0.2) is 19.7 Å². The van der Waals surface area contributed by atoms with Crippen molar-refractivity contribution in [3.8, 4) is 5.82 Å². The average Bonchev–Trinajstić information content (AvgIpc) is 2.56. The van der Waals surface area contributed by atoms with Crippen molar-refractivity contribution in [2.75, 3.05) is 0 Å². The molecule has 0 unspecified atom stereocenters. The van der Waals surface area contributed by atoms with E-state index in [1.165, 1.54) is 4.68 Å². The molecule has 0 amide bonds. The molecule has 0 aliphatic carbocycles. The quantitative estimate of drug-likeness (QED) is 0.677. The second kappa shape index (κ2) is 3.34. The van der Waals surface area contributed by atoms with Gasteiger partial charge in [0, 0.05) is 6.20 Å². The summed E-state index contributed by atoms with van der Waals surface area (Å²) in [5.41, 5.74) is 0.777. The molecule has 0 spiro atoms. The highest BCUT2D eigenvalue weighted by Crippen LogP contribution is 2.11. The molecular formula is C8H6ClFN4. The van der Waals surface area contributed by atoms with Crippen LogP contribution in [-0.2, 0) is 0 Å². The Morgan fingerprint density at radius 1 is 1.50 bits per heavy atom. The molecule has 0 aliphatic rings. The van der Waals surface area contributed by atoms with Gasteiger partial charge in [-0.25, -0.2) is 14.1 Å². The van der Waals surface area contributed by atoms with E-state index in [0.29, 0.717) is 0 Å². The Kier molecular flexibility index (Phi) is 2.17. The van der Waals surface area contributed by atoms with Crippen LogP contribution in [0.15, 0.2) is 18.5 Å². The molecule has 2 rings (SSSR count). The third kappa shape index (κ3) is 1.58. The minimum absolute atomic E-state index is 0.00504. The van der Waals surface area contributed by atoms with Crippen LogP contribution >= 0.6 is 11.6 Å². The second-order valence-corrected chi connectivity index (χ2v) is 3.05. The van der Waals surface area contributed by atoms with E-state index in [-0.39, 0.29) is 11.1 Å². The summed E-state index contributed by atoms with van der Waals surface area (Å²) in [5.74, 6) is -0.504. The first-order chi connectivity index (χ1) is 6.66. The van der Waals surface area contributed by atoms with E-state index < -0.39 is 5.82 Å². The smallest absolute Gasteiger partial charge is 0.223 e. The zero-order valence-electron chi connectivity index (χ0n) is 7.28. The third-order valence-corrected chi connectivity index (χ3v) is 1.82. The lowest BCUT2D eigenvalue weighted by Crippen LogP contribution is -2.03. The van der Waals surface area contributed by atoms with E-state index >= 15 is 0 Å². The first-order valence-electron chi connectivity index (χ1n) is 3.87. The number of rotatable bonds is 1. The third-order valence-electron chi connectivity index (χ3n) is 1.64. The molecule has 6 heteroatoms. The Labute approximate surface area is 84.4 Å². The van der Waals surface area contributed by atoms with Gasteiger partial charge in [-0.3, -0.25) is 0 Å². The lowest BCUT2D eigenvalue weighted by atomic mass is 10.5. The first-order valence-corrected chi connectivity index (χ1v) is 4.25. The van der Waals surface area contributed by atoms with E-state index in [2.05, 4.69) is 15.1 Å². The van der Waals surface area contributed by atoms with Crippen LogP contribution < -0.4 is 0 Å². The van der Waals surface area contributed by atoms with Gasteiger partial charge in [0.25, 0.3) is 0 Å². The van der Waals surface area contributed by atoms with Crippen molar-refractivity contribution >= 4 is 11.6 Å². The average molecular weight is 213 g/mol. The number of aryl methyl sites for hydroxylation is 1. The number of hydrogen-bond acceptors (Lipinski definition) is 3. The van der Waals surface area contributed by atoms with E-state index in [1.54, 1.807) is 19.2 Å². The Morgan fingerprint density at radius 3 is 2.93 bits per heavy atom. The van der Waals surface area contributed by atoms with Gasteiger partial charge in [0.1, 0.15) is 0 Å². The van der Waals surface area contributed by atoms with Gasteiger partial charge in [-0.1, -0.05) is 0 Å². The minimum Gasteiger partial charge on any atom is -0.223 e. The van der Waals surface area contributed by atoms with Crippen molar-refractivity contribution < 1.29 is 4.39 Å². The molecule has 2 heterocycles. The molecule has 14 heavy (non-hydrogen) atoms. The molecule has 72 valence electrons. The van der Waals surface area contributed by atoms with E-state index in [1.807, 2.05) is 0 Å². The van der Waals surface area contributed by atoms with Crippen LogP contribution in [0.25, 0.3) is 5.82 Å². The fraction of sp³-hybridized carbons (Fsp3) is 0.125. The van der Waals surface area contributed by atoms with Crippen LogP contribution in [0.2, 0.25) is 5.28 Å². The van der Waals surface area contributed by atoms with Crippen molar-refractivity contribution in [1.29, 1.82) is 0 Å². The van der Waals surface area contributed by atoms with Crippen LogP contribution in [0, 0.1) is 12.7 Å². The van der Waals surface area contributed by atoms with Crippen molar-refractivity contribution in [3.63, 3.8) is 0 Å². The Balaban J connectivity index is 2.55. The molecule has 0 N–H and O–H groups in total. The zero-order chi connectivity index (χ0) is 10.1. The molecule has 0 saturated heterocycles. The minimum atomic E-state index is -0.558. The summed E-state index contributed by atoms with van der Waals surface area (Å²) >= 11 is 5.54. The summed E-state index contributed by atoms with van der Waals surface area (Å²) in [7, 11) is 0. The normalized spacial score (nSPS) is 10.5. The molecule has 0 saturated carbocycles. The monoisotopic (exact) mass is 212 g/mol. The summed E-state index contributed by atoms with van der Waals surface area (Å²) in [6.07, 6.45) is 2.62. The van der Waals surface area contributed by atoms with Crippen LogP contribution in [0.3, 0.4) is 0 Å². The fourth-order valence-electron chi connectivity index (χ4n) is 1.03. The number of nitrogens with zero attached hydrogens (tertiary/aromatic N) is 4. The Hall–Kier alpha value is -1.49. The summed E-state index contributed by atoms with van der Waals surface area (Å²) < 4.78 is 14.5. The van der Waals surface area contributed by atoms with Gasteiger partial charge in [0.15, 0.2) is 11.6 Å². The highest BCUT2D eigenvalue weighted by Gasteiger charge is 2.08. The van der Waals surface area contributed by atoms with Crippen molar-refractivity contribution in [2.45, 2.75) is 6.92 Å². The molecule has 0 fully saturated rings. The van der Waals surface area contributed by atoms with Crippen LogP contribution in [0.1, 0.15) is 5.69 Å². The predicted molar refractivity (Wildman–Crippen MR) is 48.9 cm³/mol. The lowest BCUT2D eigenvalue weighted by molar-refractivity contribution is 0.592. The maximum absolute atomic E-state index is 13.2. The molecule has 0 atom stereocenters. The number of aromatic nitrogens is 4. The Bertz CT molecular complexity index is 468. The van der Waals surface area contributed by atoms with Gasteiger partial charge in [-0.05, 0) is 24.6 Å². The highest BCUT2D eigenvalue weighted by atomic mass is 35.5. The number of hydrogen-bond donors (Lipinski definition) is 0. The SMILES string of the molecule is Cc1ccn(-c2nc(Cl)ncc2F)n1. The van der Waals surface area contributed by atoms with E-state index in [0.717, 1.165) is 11.9 Å². The van der Waals surface area contributed by atoms with Crippen LogP contribution in [0.5, 0.6) is 0 Å². The highest BCUT2D eigenvalue weighted by molar-refractivity contribution is 6.28. The summed E-state index contributed by atoms with van der Waals surface area (Å²) in [6, 6.07) is 1.75. The lowest BCUT2D eigenvalue weighted by Gasteiger charge is -2.00. The van der Waals surface area contributed by atoms with Gasteiger partial charge >= 0.3 is 0 Å². The maximum Gasteiger partial charge on any atom is 0.224 e. The molecule has 0 aliphatic heterocycles.